The molecular formula is C24H22N2O4. The molecule has 0 aromatic heterocycles. The van der Waals surface area contributed by atoms with Gasteiger partial charge in [-0.1, -0.05) is 30.3 Å². The molecule has 4 rings (SSSR count). The lowest BCUT2D eigenvalue weighted by Crippen LogP contribution is -2.50. The quantitative estimate of drug-likeness (QED) is 0.663. The number of hydrogen-bond donors (Lipinski definition) is 0. The molecule has 0 saturated carbocycles. The molecule has 0 saturated heterocycles. The van der Waals surface area contributed by atoms with E-state index in [2.05, 4.69) is 0 Å². The van der Waals surface area contributed by atoms with Crippen molar-refractivity contribution in [3.63, 3.8) is 0 Å². The first-order valence-corrected chi connectivity index (χ1v) is 9.64. The van der Waals surface area contributed by atoms with Crippen LogP contribution in [-0.4, -0.2) is 43.5 Å². The Bertz CT molecular complexity index is 1050. The minimum Gasteiger partial charge on any atom is -0.476 e. The third-order valence-electron chi connectivity index (χ3n) is 4.82. The molecule has 0 unspecified atom stereocenters. The molecular weight excluding hydrogens is 380 g/mol. The van der Waals surface area contributed by atoms with Gasteiger partial charge in [-0.25, -0.2) is 0 Å². The van der Waals surface area contributed by atoms with E-state index in [-0.39, 0.29) is 18.4 Å². The average molecular weight is 402 g/mol. The summed E-state index contributed by atoms with van der Waals surface area (Å²) in [6.45, 7) is 0.148. The van der Waals surface area contributed by atoms with Gasteiger partial charge in [0.05, 0.1) is 12.2 Å². The number of amides is 2. The molecule has 0 bridgehead atoms. The van der Waals surface area contributed by atoms with Crippen LogP contribution in [-0.2, 0) is 4.79 Å². The summed E-state index contributed by atoms with van der Waals surface area (Å²) in [7, 11) is 3.34. The highest BCUT2D eigenvalue weighted by molar-refractivity contribution is 6.08. The van der Waals surface area contributed by atoms with Gasteiger partial charge in [-0.3, -0.25) is 9.59 Å². The van der Waals surface area contributed by atoms with Crippen molar-refractivity contribution < 1.29 is 19.1 Å². The number of rotatable bonds is 4. The average Bonchev–Trinajstić information content (AvgIpc) is 2.78. The minimum absolute atomic E-state index is 0.148. The van der Waals surface area contributed by atoms with Gasteiger partial charge in [0.15, 0.2) is 6.10 Å². The molecule has 0 aliphatic carbocycles. The summed E-state index contributed by atoms with van der Waals surface area (Å²) in [4.78, 5) is 28.8. The van der Waals surface area contributed by atoms with E-state index in [0.29, 0.717) is 22.7 Å². The zero-order valence-corrected chi connectivity index (χ0v) is 16.8. The first-order valence-electron chi connectivity index (χ1n) is 9.64. The van der Waals surface area contributed by atoms with Crippen LogP contribution in [0.15, 0.2) is 78.9 Å². The van der Waals surface area contributed by atoms with Gasteiger partial charge in [0.1, 0.15) is 17.2 Å². The second kappa shape index (κ2) is 8.29. The number of anilines is 1. The summed E-state index contributed by atoms with van der Waals surface area (Å²) in [5, 5.41) is 0. The third kappa shape index (κ3) is 3.98. The second-order valence-corrected chi connectivity index (χ2v) is 7.16. The van der Waals surface area contributed by atoms with Gasteiger partial charge in [-0.15, -0.1) is 0 Å². The van der Waals surface area contributed by atoms with Gasteiger partial charge >= 0.3 is 0 Å². The third-order valence-corrected chi connectivity index (χ3v) is 4.82. The van der Waals surface area contributed by atoms with Crippen molar-refractivity contribution in [2.75, 3.05) is 25.5 Å². The van der Waals surface area contributed by atoms with Crippen LogP contribution in [0.5, 0.6) is 17.2 Å². The molecule has 3 aromatic carbocycles. The SMILES string of the molecule is CN(C)C(=O)[C@@H]1CN(C(=O)c2ccc(Oc3ccccc3)cc2)c2ccccc2O1. The Morgan fingerprint density at radius 1 is 0.900 bits per heavy atom. The molecule has 1 aliphatic heterocycles. The van der Waals surface area contributed by atoms with E-state index in [1.807, 2.05) is 48.5 Å². The van der Waals surface area contributed by atoms with E-state index in [1.165, 1.54) is 4.90 Å². The van der Waals surface area contributed by atoms with Gasteiger partial charge in [-0.2, -0.15) is 0 Å². The molecule has 2 amide bonds. The lowest BCUT2D eigenvalue weighted by molar-refractivity contribution is -0.135. The fourth-order valence-electron chi connectivity index (χ4n) is 3.29. The molecule has 30 heavy (non-hydrogen) atoms. The number of likely N-dealkylation sites (N-methyl/N-ethyl adjacent to an activating group) is 1. The molecule has 0 fully saturated rings. The molecule has 1 aliphatic rings. The van der Waals surface area contributed by atoms with E-state index in [1.54, 1.807) is 49.3 Å². The van der Waals surface area contributed by atoms with E-state index in [4.69, 9.17) is 9.47 Å². The van der Waals surface area contributed by atoms with Gasteiger partial charge < -0.3 is 19.3 Å². The van der Waals surface area contributed by atoms with Crippen LogP contribution in [0, 0.1) is 0 Å². The number of fused-ring (bicyclic) bond motifs is 1. The summed E-state index contributed by atoms with van der Waals surface area (Å²) in [5.74, 6) is 1.49. The predicted octanol–water partition coefficient (Wildman–Crippen LogP) is 3.97. The second-order valence-electron chi connectivity index (χ2n) is 7.16. The molecule has 0 N–H and O–H groups in total. The Morgan fingerprint density at radius 3 is 2.23 bits per heavy atom. The van der Waals surface area contributed by atoms with Gasteiger partial charge in [0.25, 0.3) is 11.8 Å². The predicted molar refractivity (Wildman–Crippen MR) is 114 cm³/mol. The van der Waals surface area contributed by atoms with E-state index >= 15 is 0 Å². The molecule has 0 spiro atoms. The molecule has 0 radical (unpaired) electrons. The Balaban J connectivity index is 1.57. The monoisotopic (exact) mass is 402 g/mol. The Morgan fingerprint density at radius 2 is 1.53 bits per heavy atom. The van der Waals surface area contributed by atoms with Crippen molar-refractivity contribution >= 4 is 17.5 Å². The molecule has 152 valence electrons. The van der Waals surface area contributed by atoms with Crippen LogP contribution in [0.2, 0.25) is 0 Å². The zero-order chi connectivity index (χ0) is 21.1. The summed E-state index contributed by atoms with van der Waals surface area (Å²) >= 11 is 0. The van der Waals surface area contributed by atoms with Crippen LogP contribution < -0.4 is 14.4 Å². The van der Waals surface area contributed by atoms with Crippen molar-refractivity contribution in [1.29, 1.82) is 0 Å². The number of hydrogen-bond acceptors (Lipinski definition) is 4. The van der Waals surface area contributed by atoms with Gasteiger partial charge in [0, 0.05) is 19.7 Å². The van der Waals surface area contributed by atoms with Crippen LogP contribution in [0.1, 0.15) is 10.4 Å². The smallest absolute Gasteiger partial charge is 0.265 e. The van der Waals surface area contributed by atoms with Crippen LogP contribution in [0.3, 0.4) is 0 Å². The zero-order valence-electron chi connectivity index (χ0n) is 16.8. The van der Waals surface area contributed by atoms with Crippen LogP contribution >= 0.6 is 0 Å². The first kappa shape index (κ1) is 19.5. The van der Waals surface area contributed by atoms with Crippen LogP contribution in [0.25, 0.3) is 0 Å². The van der Waals surface area contributed by atoms with Crippen molar-refractivity contribution in [2.24, 2.45) is 0 Å². The van der Waals surface area contributed by atoms with E-state index in [9.17, 15) is 9.59 Å². The molecule has 6 heteroatoms. The maximum absolute atomic E-state index is 13.3. The fraction of sp³-hybridized carbons (Fsp3) is 0.167. The molecule has 3 aromatic rings. The highest BCUT2D eigenvalue weighted by Crippen LogP contribution is 2.34. The minimum atomic E-state index is -0.750. The van der Waals surface area contributed by atoms with Crippen molar-refractivity contribution in [2.45, 2.75) is 6.10 Å². The molecule has 1 heterocycles. The summed E-state index contributed by atoms with van der Waals surface area (Å²) in [6.07, 6.45) is -0.750. The summed E-state index contributed by atoms with van der Waals surface area (Å²) in [5.41, 5.74) is 1.15. The normalized spacial score (nSPS) is 15.0. The Hall–Kier alpha value is -3.80. The highest BCUT2D eigenvalue weighted by Gasteiger charge is 2.34. The highest BCUT2D eigenvalue weighted by atomic mass is 16.5. The van der Waals surface area contributed by atoms with Crippen molar-refractivity contribution in [3.05, 3.63) is 84.4 Å². The topological polar surface area (TPSA) is 59.1 Å². The number of para-hydroxylation sites is 3. The molecule has 1 atom stereocenters. The number of carbonyl (C=O) groups is 2. The lowest BCUT2D eigenvalue weighted by Gasteiger charge is -2.35. The maximum atomic E-state index is 13.3. The standard InChI is InChI=1S/C24H22N2O4/c1-25(2)24(28)22-16-26(20-10-6-7-11-21(20)30-22)23(27)17-12-14-19(15-13-17)29-18-8-4-3-5-9-18/h3-15,22H,16H2,1-2H3/t22-/m0/s1. The number of ether oxygens (including phenoxy) is 2. The number of nitrogens with zero attached hydrogens (tertiary/aromatic N) is 2. The lowest BCUT2D eigenvalue weighted by atomic mass is 10.1. The number of carbonyl (C=O) groups excluding carboxylic acids is 2. The largest absolute Gasteiger partial charge is 0.476 e. The number of benzene rings is 3. The van der Waals surface area contributed by atoms with Gasteiger partial charge in [-0.05, 0) is 48.5 Å². The van der Waals surface area contributed by atoms with Crippen molar-refractivity contribution in [1.82, 2.24) is 4.90 Å². The Labute approximate surface area is 175 Å². The Kier molecular flexibility index (Phi) is 5.39. The maximum Gasteiger partial charge on any atom is 0.265 e. The fourth-order valence-corrected chi connectivity index (χ4v) is 3.29. The van der Waals surface area contributed by atoms with E-state index in [0.717, 1.165) is 5.75 Å². The molecule has 6 nitrogen and oxygen atoms in total. The first-order chi connectivity index (χ1) is 14.5. The summed E-state index contributed by atoms with van der Waals surface area (Å²) in [6, 6.07) is 23.7. The summed E-state index contributed by atoms with van der Waals surface area (Å²) < 4.78 is 11.6. The van der Waals surface area contributed by atoms with Crippen LogP contribution in [0.4, 0.5) is 5.69 Å². The van der Waals surface area contributed by atoms with Gasteiger partial charge in [0.2, 0.25) is 0 Å². The van der Waals surface area contributed by atoms with E-state index < -0.39 is 6.10 Å². The van der Waals surface area contributed by atoms with Crippen molar-refractivity contribution in [3.8, 4) is 17.2 Å².